The van der Waals surface area contributed by atoms with E-state index in [1.165, 1.54) is 18.4 Å². The highest BCUT2D eigenvalue weighted by atomic mass is 79.9. The molecule has 0 aliphatic heterocycles. The summed E-state index contributed by atoms with van der Waals surface area (Å²) in [7, 11) is 0. The van der Waals surface area contributed by atoms with Crippen LogP contribution >= 0.6 is 28.1 Å². The van der Waals surface area contributed by atoms with E-state index in [-0.39, 0.29) is 0 Å². The van der Waals surface area contributed by atoms with Crippen molar-refractivity contribution in [2.24, 2.45) is 0 Å². The molecule has 3 nitrogen and oxygen atoms in total. The second kappa shape index (κ2) is 4.07. The van der Waals surface area contributed by atoms with Gasteiger partial charge in [-0.25, -0.2) is 0 Å². The van der Waals surface area contributed by atoms with Crippen LogP contribution in [-0.2, 0) is 0 Å². The maximum atomic E-state index is 5.30. The van der Waals surface area contributed by atoms with Crippen molar-refractivity contribution in [3.05, 3.63) is 33.0 Å². The molecule has 1 aromatic carbocycles. The largest absolute Gasteiger partial charge is 0.297 e. The van der Waals surface area contributed by atoms with E-state index >= 15 is 0 Å². The van der Waals surface area contributed by atoms with Gasteiger partial charge in [0.1, 0.15) is 0 Å². The number of nitrogens with zero attached hydrogens (tertiary/aromatic N) is 2. The van der Waals surface area contributed by atoms with Crippen molar-refractivity contribution in [1.29, 1.82) is 0 Å². The molecule has 3 rings (SSSR count). The van der Waals surface area contributed by atoms with Crippen molar-refractivity contribution in [3.8, 4) is 11.4 Å². The quantitative estimate of drug-likeness (QED) is 0.850. The van der Waals surface area contributed by atoms with Gasteiger partial charge < -0.3 is 0 Å². The van der Waals surface area contributed by atoms with E-state index in [2.05, 4.69) is 49.8 Å². The van der Waals surface area contributed by atoms with Crippen molar-refractivity contribution in [3.63, 3.8) is 0 Å². The number of aromatic nitrogens is 3. The fourth-order valence-electron chi connectivity index (χ4n) is 2.00. The number of aromatic amines is 1. The number of hydrogen-bond donors (Lipinski definition) is 1. The summed E-state index contributed by atoms with van der Waals surface area (Å²) in [5.74, 6) is 0.955. The lowest BCUT2D eigenvalue weighted by atomic mass is 10.1. The van der Waals surface area contributed by atoms with Crippen molar-refractivity contribution < 1.29 is 0 Å². The molecule has 2 aromatic rings. The maximum absolute atomic E-state index is 5.30. The van der Waals surface area contributed by atoms with Crippen molar-refractivity contribution >= 4 is 28.1 Å². The third-order valence-electron chi connectivity index (χ3n) is 3.06. The van der Waals surface area contributed by atoms with Gasteiger partial charge in [-0.15, -0.1) is 0 Å². The lowest BCUT2D eigenvalue weighted by Crippen LogP contribution is -1.98. The van der Waals surface area contributed by atoms with Crippen LogP contribution < -0.4 is 0 Å². The van der Waals surface area contributed by atoms with E-state index in [0.29, 0.717) is 6.04 Å². The Bertz CT molecular complexity index is 625. The molecule has 1 saturated carbocycles. The number of benzene rings is 1. The van der Waals surface area contributed by atoms with E-state index in [1.54, 1.807) is 0 Å². The predicted octanol–water partition coefficient (Wildman–Crippen LogP) is 4.01. The molecule has 0 atom stereocenters. The third-order valence-corrected chi connectivity index (χ3v) is 3.84. The molecule has 1 aliphatic rings. The molecule has 1 aromatic heterocycles. The number of nitrogens with one attached hydrogen (secondary N) is 1. The molecule has 0 bridgehead atoms. The average molecular weight is 310 g/mol. The number of halogens is 1. The highest BCUT2D eigenvalue weighted by Crippen LogP contribution is 2.38. The van der Waals surface area contributed by atoms with Gasteiger partial charge in [0.25, 0.3) is 0 Å². The van der Waals surface area contributed by atoms with Gasteiger partial charge in [0.2, 0.25) is 0 Å². The van der Waals surface area contributed by atoms with Gasteiger partial charge in [-0.1, -0.05) is 22.0 Å². The summed E-state index contributed by atoms with van der Waals surface area (Å²) >= 11 is 8.80. The Kier molecular flexibility index (Phi) is 2.67. The Hall–Kier alpha value is -0.940. The SMILES string of the molecule is Cc1ccc(Br)cc1-c1n[nH]c(=S)n1C1CC1. The second-order valence-corrected chi connectivity index (χ2v) is 5.72. The van der Waals surface area contributed by atoms with E-state index in [9.17, 15) is 0 Å². The van der Waals surface area contributed by atoms with Crippen molar-refractivity contribution in [2.45, 2.75) is 25.8 Å². The standard InChI is InChI=1S/C12H12BrN3S/c1-7-2-3-8(13)6-10(7)11-14-15-12(17)16(11)9-4-5-9/h2-3,6,9H,4-5H2,1H3,(H,15,17). The van der Waals surface area contributed by atoms with Crippen LogP contribution in [0, 0.1) is 11.7 Å². The monoisotopic (exact) mass is 309 g/mol. The topological polar surface area (TPSA) is 33.6 Å². The molecule has 88 valence electrons. The first kappa shape index (κ1) is 11.2. The van der Waals surface area contributed by atoms with Crippen LogP contribution in [0.4, 0.5) is 0 Å². The zero-order valence-electron chi connectivity index (χ0n) is 9.40. The molecule has 1 N–H and O–H groups in total. The number of aryl methyl sites for hydroxylation is 1. The van der Waals surface area contributed by atoms with Gasteiger partial charge in [-0.2, -0.15) is 5.10 Å². The Morgan fingerprint density at radius 2 is 2.24 bits per heavy atom. The molecule has 1 aliphatic carbocycles. The lowest BCUT2D eigenvalue weighted by molar-refractivity contribution is 0.734. The summed E-state index contributed by atoms with van der Waals surface area (Å²) in [5, 5.41) is 7.28. The van der Waals surface area contributed by atoms with Gasteiger partial charge in [0.15, 0.2) is 10.6 Å². The minimum atomic E-state index is 0.537. The van der Waals surface area contributed by atoms with E-state index in [0.717, 1.165) is 20.6 Å². The molecule has 0 spiro atoms. The minimum absolute atomic E-state index is 0.537. The summed E-state index contributed by atoms with van der Waals surface area (Å²) in [4.78, 5) is 0. The first-order chi connectivity index (χ1) is 8.16. The summed E-state index contributed by atoms with van der Waals surface area (Å²) in [6, 6.07) is 6.77. The smallest absolute Gasteiger partial charge is 0.195 e. The highest BCUT2D eigenvalue weighted by molar-refractivity contribution is 9.10. The first-order valence-corrected chi connectivity index (χ1v) is 6.80. The molecule has 17 heavy (non-hydrogen) atoms. The van der Waals surface area contributed by atoms with Gasteiger partial charge in [-0.05, 0) is 49.7 Å². The molecule has 0 amide bonds. The number of rotatable bonds is 2. The number of H-pyrrole nitrogens is 1. The van der Waals surface area contributed by atoms with Crippen LogP contribution in [0.2, 0.25) is 0 Å². The zero-order valence-corrected chi connectivity index (χ0v) is 11.8. The normalized spacial score (nSPS) is 15.2. The van der Waals surface area contributed by atoms with Crippen LogP contribution in [0.5, 0.6) is 0 Å². The zero-order chi connectivity index (χ0) is 12.0. The fourth-order valence-corrected chi connectivity index (χ4v) is 2.64. The Morgan fingerprint density at radius 1 is 1.47 bits per heavy atom. The molecular weight excluding hydrogens is 298 g/mol. The van der Waals surface area contributed by atoms with Crippen LogP contribution in [0.3, 0.4) is 0 Å². The predicted molar refractivity (Wildman–Crippen MR) is 73.6 cm³/mol. The van der Waals surface area contributed by atoms with Crippen molar-refractivity contribution in [2.75, 3.05) is 0 Å². The van der Waals surface area contributed by atoms with E-state index in [1.807, 2.05) is 6.07 Å². The van der Waals surface area contributed by atoms with Gasteiger partial charge in [0.05, 0.1) is 0 Å². The molecule has 1 fully saturated rings. The molecular formula is C12H12BrN3S. The van der Waals surface area contributed by atoms with Gasteiger partial charge >= 0.3 is 0 Å². The summed E-state index contributed by atoms with van der Waals surface area (Å²) in [6.07, 6.45) is 2.40. The summed E-state index contributed by atoms with van der Waals surface area (Å²) < 4.78 is 3.93. The van der Waals surface area contributed by atoms with Crippen LogP contribution in [0.1, 0.15) is 24.4 Å². The van der Waals surface area contributed by atoms with Crippen molar-refractivity contribution in [1.82, 2.24) is 14.8 Å². The van der Waals surface area contributed by atoms with Crippen LogP contribution in [0.25, 0.3) is 11.4 Å². The third kappa shape index (κ3) is 1.98. The number of hydrogen-bond acceptors (Lipinski definition) is 2. The van der Waals surface area contributed by atoms with Gasteiger partial charge in [0, 0.05) is 16.1 Å². The average Bonchev–Trinajstić information content (AvgIpc) is 3.06. The van der Waals surface area contributed by atoms with E-state index < -0.39 is 0 Å². The minimum Gasteiger partial charge on any atom is -0.297 e. The first-order valence-electron chi connectivity index (χ1n) is 5.60. The lowest BCUT2D eigenvalue weighted by Gasteiger charge is -2.08. The summed E-state index contributed by atoms with van der Waals surface area (Å²) in [6.45, 7) is 2.09. The Morgan fingerprint density at radius 3 is 2.94 bits per heavy atom. The fraction of sp³-hybridized carbons (Fsp3) is 0.333. The second-order valence-electron chi connectivity index (χ2n) is 4.41. The van der Waals surface area contributed by atoms with Crippen LogP contribution in [0.15, 0.2) is 22.7 Å². The Labute approximate surface area is 113 Å². The molecule has 0 radical (unpaired) electrons. The maximum Gasteiger partial charge on any atom is 0.195 e. The van der Waals surface area contributed by atoms with E-state index in [4.69, 9.17) is 12.2 Å². The molecule has 5 heteroatoms. The van der Waals surface area contributed by atoms with Gasteiger partial charge in [-0.3, -0.25) is 9.67 Å². The molecule has 0 unspecified atom stereocenters. The molecule has 0 saturated heterocycles. The summed E-state index contributed by atoms with van der Waals surface area (Å²) in [5.41, 5.74) is 2.35. The molecule has 1 heterocycles. The van der Waals surface area contributed by atoms with Crippen LogP contribution in [-0.4, -0.2) is 14.8 Å². The Balaban J connectivity index is 2.21. The highest BCUT2D eigenvalue weighted by Gasteiger charge is 2.28.